The number of hydrogen-bond donors (Lipinski definition) is 2. The molecule has 36 heavy (non-hydrogen) atoms. The zero-order valence-electron chi connectivity index (χ0n) is 21.0. The lowest BCUT2D eigenvalue weighted by molar-refractivity contribution is -0.118. The summed E-state index contributed by atoms with van der Waals surface area (Å²) < 4.78 is 12.4. The molecule has 2 aliphatic heterocycles. The number of pyridine rings is 1. The van der Waals surface area contributed by atoms with Gasteiger partial charge in [0.25, 0.3) is 5.56 Å². The van der Waals surface area contributed by atoms with Gasteiger partial charge in [-0.3, -0.25) is 9.59 Å². The van der Waals surface area contributed by atoms with Crippen LogP contribution < -0.4 is 25.7 Å². The van der Waals surface area contributed by atoms with Crippen LogP contribution in [0.2, 0.25) is 5.02 Å². The van der Waals surface area contributed by atoms with E-state index in [1.165, 1.54) is 14.2 Å². The van der Waals surface area contributed by atoms with Crippen LogP contribution in [0.5, 0.6) is 11.5 Å². The normalized spacial score (nSPS) is 19.3. The monoisotopic (exact) mass is 516 g/mol. The maximum absolute atomic E-state index is 13.3. The molecule has 0 radical (unpaired) electrons. The molecule has 2 aromatic rings. The van der Waals surface area contributed by atoms with E-state index in [0.717, 1.165) is 12.1 Å². The second-order valence-electron chi connectivity index (χ2n) is 9.91. The Bertz CT molecular complexity index is 1200. The largest absolute Gasteiger partial charge is 0.495 e. The molecular formula is C26H33ClN4O5. The van der Waals surface area contributed by atoms with E-state index in [0.29, 0.717) is 48.3 Å². The summed E-state index contributed by atoms with van der Waals surface area (Å²) >= 11 is 6.25. The van der Waals surface area contributed by atoms with Crippen LogP contribution >= 0.6 is 11.6 Å². The van der Waals surface area contributed by atoms with Crippen molar-refractivity contribution in [1.29, 1.82) is 0 Å². The van der Waals surface area contributed by atoms with Gasteiger partial charge < -0.3 is 29.6 Å². The number of carbonyl (C=O) groups is 2. The van der Waals surface area contributed by atoms with E-state index in [-0.39, 0.29) is 35.3 Å². The number of nitrogens with zero attached hydrogens (tertiary/aromatic N) is 2. The Labute approximate surface area is 215 Å². The van der Waals surface area contributed by atoms with Gasteiger partial charge in [-0.15, -0.1) is 0 Å². The van der Waals surface area contributed by atoms with Crippen LogP contribution in [-0.4, -0.2) is 54.8 Å². The molecule has 3 heterocycles. The maximum atomic E-state index is 13.3. The number of methoxy groups -OCH3 is 2. The molecule has 3 amide bonds. The van der Waals surface area contributed by atoms with Crippen LogP contribution in [0.25, 0.3) is 0 Å². The summed E-state index contributed by atoms with van der Waals surface area (Å²) in [5, 5.41) is 6.13. The van der Waals surface area contributed by atoms with Crippen molar-refractivity contribution in [2.45, 2.75) is 45.2 Å². The number of aromatic nitrogens is 1. The third-order valence-corrected chi connectivity index (χ3v) is 7.12. The van der Waals surface area contributed by atoms with Gasteiger partial charge in [-0.05, 0) is 36.8 Å². The van der Waals surface area contributed by atoms with Crippen LogP contribution in [0, 0.1) is 11.8 Å². The Morgan fingerprint density at radius 2 is 1.86 bits per heavy atom. The molecule has 1 saturated heterocycles. The summed E-state index contributed by atoms with van der Waals surface area (Å²) in [5.41, 5.74) is 1.37. The maximum Gasteiger partial charge on any atom is 0.318 e. The number of urea groups is 1. The van der Waals surface area contributed by atoms with E-state index in [1.54, 1.807) is 29.2 Å². The van der Waals surface area contributed by atoms with Gasteiger partial charge in [-0.1, -0.05) is 31.5 Å². The predicted molar refractivity (Wildman–Crippen MR) is 138 cm³/mol. The number of fused-ring (bicyclic) bond motifs is 4. The molecule has 10 heteroatoms. The standard InChI is InChI=1S/C26H33ClN4O5/c1-15(2)8-20(25(33)28-19-10-18(27)22(35-3)11-23(19)36-4)29-26(34)30-12-16-9-17(14-30)21-6-5-7-24(32)31(21)13-16/h5-7,10-11,15-17,20H,8-9,12-14H2,1-4H3,(H,28,33)(H,29,34). The second kappa shape index (κ2) is 10.8. The third-order valence-electron chi connectivity index (χ3n) is 6.82. The summed E-state index contributed by atoms with van der Waals surface area (Å²) in [6.07, 6.45) is 1.41. The minimum Gasteiger partial charge on any atom is -0.495 e. The van der Waals surface area contributed by atoms with E-state index in [9.17, 15) is 14.4 Å². The van der Waals surface area contributed by atoms with E-state index in [4.69, 9.17) is 21.1 Å². The van der Waals surface area contributed by atoms with Crippen LogP contribution in [0.15, 0.2) is 35.1 Å². The molecule has 1 aromatic carbocycles. The number of halogens is 1. The van der Waals surface area contributed by atoms with Gasteiger partial charge in [-0.2, -0.15) is 0 Å². The molecule has 9 nitrogen and oxygen atoms in total. The van der Waals surface area contributed by atoms with Crippen molar-refractivity contribution >= 4 is 29.2 Å². The highest BCUT2D eigenvalue weighted by atomic mass is 35.5. The smallest absolute Gasteiger partial charge is 0.318 e. The molecule has 0 saturated carbocycles. The van der Waals surface area contributed by atoms with Crippen molar-refractivity contribution in [2.24, 2.45) is 11.8 Å². The number of ether oxygens (including phenoxy) is 2. The Morgan fingerprint density at radius 3 is 2.56 bits per heavy atom. The van der Waals surface area contributed by atoms with Crippen LogP contribution in [0.3, 0.4) is 0 Å². The fourth-order valence-corrected chi connectivity index (χ4v) is 5.42. The van der Waals surface area contributed by atoms with Gasteiger partial charge in [0.15, 0.2) is 0 Å². The van der Waals surface area contributed by atoms with Crippen LogP contribution in [0.1, 0.15) is 38.3 Å². The van der Waals surface area contributed by atoms with Crippen LogP contribution in [-0.2, 0) is 11.3 Å². The van der Waals surface area contributed by atoms with Crippen molar-refractivity contribution in [2.75, 3.05) is 32.6 Å². The highest BCUT2D eigenvalue weighted by Gasteiger charge is 2.37. The lowest BCUT2D eigenvalue weighted by Gasteiger charge is -2.43. The highest BCUT2D eigenvalue weighted by Crippen LogP contribution is 2.37. The number of carbonyl (C=O) groups excluding carboxylic acids is 2. The minimum absolute atomic E-state index is 0.00262. The first kappa shape index (κ1) is 25.9. The van der Waals surface area contributed by atoms with Gasteiger partial charge in [0.1, 0.15) is 17.5 Å². The molecule has 1 fully saturated rings. The Morgan fingerprint density at radius 1 is 1.11 bits per heavy atom. The van der Waals surface area contributed by atoms with Gasteiger partial charge in [0, 0.05) is 43.4 Å². The molecular weight excluding hydrogens is 484 g/mol. The number of hydrogen-bond acceptors (Lipinski definition) is 5. The average molecular weight is 517 g/mol. The Kier molecular flexibility index (Phi) is 7.78. The number of likely N-dealkylation sites (tertiary alicyclic amines) is 1. The first-order chi connectivity index (χ1) is 17.2. The summed E-state index contributed by atoms with van der Waals surface area (Å²) in [7, 11) is 2.99. The molecule has 2 aliphatic rings. The predicted octanol–water partition coefficient (Wildman–Crippen LogP) is 3.70. The Balaban J connectivity index is 1.48. The minimum atomic E-state index is -0.750. The molecule has 0 spiro atoms. The second-order valence-corrected chi connectivity index (χ2v) is 10.3. The number of rotatable bonds is 7. The number of anilines is 1. The molecule has 2 N–H and O–H groups in total. The lowest BCUT2D eigenvalue weighted by atomic mass is 9.83. The van der Waals surface area contributed by atoms with Crippen molar-refractivity contribution in [3.8, 4) is 11.5 Å². The van der Waals surface area contributed by atoms with Crippen LogP contribution in [0.4, 0.5) is 10.5 Å². The van der Waals surface area contributed by atoms with Crippen molar-refractivity contribution in [1.82, 2.24) is 14.8 Å². The first-order valence-corrected chi connectivity index (χ1v) is 12.6. The highest BCUT2D eigenvalue weighted by molar-refractivity contribution is 6.32. The molecule has 4 rings (SSSR count). The average Bonchev–Trinajstić information content (AvgIpc) is 2.84. The fraction of sp³-hybridized carbons (Fsp3) is 0.500. The summed E-state index contributed by atoms with van der Waals surface area (Å²) in [6.45, 7) is 5.64. The zero-order chi connectivity index (χ0) is 26.0. The van der Waals surface area contributed by atoms with Gasteiger partial charge in [0.05, 0.1) is 24.9 Å². The van der Waals surface area contributed by atoms with E-state index >= 15 is 0 Å². The molecule has 3 unspecified atom stereocenters. The molecule has 194 valence electrons. The van der Waals surface area contributed by atoms with Gasteiger partial charge >= 0.3 is 6.03 Å². The summed E-state index contributed by atoms with van der Waals surface area (Å²) in [4.78, 5) is 40.7. The lowest BCUT2D eigenvalue weighted by Crippen LogP contribution is -2.55. The third kappa shape index (κ3) is 5.46. The molecule has 2 bridgehead atoms. The number of benzene rings is 1. The Hall–Kier alpha value is -3.20. The zero-order valence-corrected chi connectivity index (χ0v) is 21.8. The topological polar surface area (TPSA) is 102 Å². The first-order valence-electron chi connectivity index (χ1n) is 12.2. The van der Waals surface area contributed by atoms with E-state index in [1.807, 2.05) is 24.5 Å². The quantitative estimate of drug-likeness (QED) is 0.584. The fourth-order valence-electron chi connectivity index (χ4n) is 5.18. The number of piperidine rings is 1. The summed E-state index contributed by atoms with van der Waals surface area (Å²) in [6, 6.07) is 7.45. The van der Waals surface area contributed by atoms with E-state index in [2.05, 4.69) is 10.6 Å². The summed E-state index contributed by atoms with van der Waals surface area (Å²) in [5.74, 6) is 0.938. The van der Waals surface area contributed by atoms with Crippen molar-refractivity contribution in [3.05, 3.63) is 51.4 Å². The van der Waals surface area contributed by atoms with E-state index < -0.39 is 6.04 Å². The number of amides is 3. The van der Waals surface area contributed by atoms with Gasteiger partial charge in [0.2, 0.25) is 5.91 Å². The molecule has 1 aromatic heterocycles. The van der Waals surface area contributed by atoms with Crippen molar-refractivity contribution < 1.29 is 19.1 Å². The number of nitrogens with one attached hydrogen (secondary N) is 2. The molecule has 3 atom stereocenters. The van der Waals surface area contributed by atoms with Crippen molar-refractivity contribution in [3.63, 3.8) is 0 Å². The SMILES string of the molecule is COc1cc(OC)c(NC(=O)C(CC(C)C)NC(=O)N2CC3CC(C2)c2cccc(=O)n2C3)cc1Cl. The molecule has 0 aliphatic carbocycles. The van der Waals surface area contributed by atoms with Gasteiger partial charge in [-0.25, -0.2) is 4.79 Å².